The summed E-state index contributed by atoms with van der Waals surface area (Å²) in [7, 11) is 0. The van der Waals surface area contributed by atoms with Gasteiger partial charge < -0.3 is 15.4 Å². The second-order valence-electron chi connectivity index (χ2n) is 7.34. The Morgan fingerprint density at radius 3 is 2.55 bits per heavy atom. The highest BCUT2D eigenvalue weighted by Crippen LogP contribution is 2.29. The zero-order valence-corrected chi connectivity index (χ0v) is 16.7. The Morgan fingerprint density at radius 2 is 1.83 bits per heavy atom. The molecule has 3 rings (SSSR count). The molecule has 0 bridgehead atoms. The number of amides is 2. The summed E-state index contributed by atoms with van der Waals surface area (Å²) in [4.78, 5) is 35.8. The first-order valence-corrected chi connectivity index (χ1v) is 9.86. The van der Waals surface area contributed by atoms with E-state index in [1.54, 1.807) is 31.2 Å². The minimum Gasteiger partial charge on any atom is -0.452 e. The van der Waals surface area contributed by atoms with Crippen molar-refractivity contribution in [1.29, 1.82) is 0 Å². The van der Waals surface area contributed by atoms with Gasteiger partial charge in [-0.3, -0.25) is 14.4 Å². The van der Waals surface area contributed by atoms with Crippen LogP contribution in [0, 0.1) is 0 Å². The number of esters is 1. The first-order valence-electron chi connectivity index (χ1n) is 9.86. The summed E-state index contributed by atoms with van der Waals surface area (Å²) in [5.74, 6) is -0.914. The van der Waals surface area contributed by atoms with Crippen molar-refractivity contribution in [2.45, 2.75) is 51.7 Å². The Hall–Kier alpha value is -3.15. The lowest BCUT2D eigenvalue weighted by Gasteiger charge is -2.27. The molecule has 0 saturated carbocycles. The minimum absolute atomic E-state index is 0.0464. The lowest BCUT2D eigenvalue weighted by Crippen LogP contribution is -2.39. The maximum absolute atomic E-state index is 12.5. The molecular weight excluding hydrogens is 368 g/mol. The fourth-order valence-corrected chi connectivity index (χ4v) is 3.56. The number of benzene rings is 2. The predicted molar refractivity (Wildman–Crippen MR) is 110 cm³/mol. The third-order valence-electron chi connectivity index (χ3n) is 4.99. The van der Waals surface area contributed by atoms with Crippen molar-refractivity contribution in [3.8, 4) is 0 Å². The number of nitrogens with one attached hydrogen (secondary N) is 2. The largest absolute Gasteiger partial charge is 0.452 e. The molecular formula is C23H26N2O4. The van der Waals surface area contributed by atoms with Crippen molar-refractivity contribution in [2.24, 2.45) is 0 Å². The van der Waals surface area contributed by atoms with Gasteiger partial charge in [0.1, 0.15) is 0 Å². The van der Waals surface area contributed by atoms with Crippen LogP contribution < -0.4 is 10.6 Å². The molecule has 0 fully saturated rings. The second kappa shape index (κ2) is 9.37. The summed E-state index contributed by atoms with van der Waals surface area (Å²) in [5, 5.41) is 5.68. The minimum atomic E-state index is -0.866. The summed E-state index contributed by atoms with van der Waals surface area (Å²) in [6.45, 7) is 3.02. The monoisotopic (exact) mass is 394 g/mol. The zero-order chi connectivity index (χ0) is 20.8. The molecule has 29 heavy (non-hydrogen) atoms. The standard InChI is InChI=1S/C23H26N2O4/c1-15(23(28)25-21-9-5-7-18-6-3-4-8-20(18)21)29-22(27)14-17-10-12-19(13-11-17)24-16(2)26/h3-4,6,8,10-13,15,21H,5,7,9,14H2,1-2H3,(H,24,26)(H,25,28)/t15-,21-/m1/s1. The lowest BCUT2D eigenvalue weighted by molar-refractivity contribution is -0.154. The lowest BCUT2D eigenvalue weighted by atomic mass is 9.87. The number of hydrogen-bond acceptors (Lipinski definition) is 4. The molecule has 2 amide bonds. The van der Waals surface area contributed by atoms with E-state index in [9.17, 15) is 14.4 Å². The van der Waals surface area contributed by atoms with E-state index in [1.807, 2.05) is 18.2 Å². The fourth-order valence-electron chi connectivity index (χ4n) is 3.56. The van der Waals surface area contributed by atoms with E-state index in [4.69, 9.17) is 4.74 Å². The molecule has 0 heterocycles. The number of carbonyl (C=O) groups is 3. The van der Waals surface area contributed by atoms with Crippen LogP contribution in [0.1, 0.15) is 49.4 Å². The smallest absolute Gasteiger partial charge is 0.311 e. The molecule has 0 aliphatic heterocycles. The molecule has 6 nitrogen and oxygen atoms in total. The van der Waals surface area contributed by atoms with Gasteiger partial charge in [-0.25, -0.2) is 0 Å². The quantitative estimate of drug-likeness (QED) is 0.736. The summed E-state index contributed by atoms with van der Waals surface area (Å²) in [6.07, 6.45) is 2.11. The zero-order valence-electron chi connectivity index (χ0n) is 16.7. The fraction of sp³-hybridized carbons (Fsp3) is 0.348. The number of carbonyl (C=O) groups excluding carboxylic acids is 3. The van der Waals surface area contributed by atoms with E-state index in [2.05, 4.69) is 16.7 Å². The molecule has 0 spiro atoms. The number of rotatable bonds is 6. The van der Waals surface area contributed by atoms with Crippen molar-refractivity contribution in [3.05, 3.63) is 65.2 Å². The van der Waals surface area contributed by atoms with E-state index in [-0.39, 0.29) is 24.3 Å². The Labute approximate surface area is 170 Å². The van der Waals surface area contributed by atoms with Gasteiger partial charge in [0.2, 0.25) is 5.91 Å². The van der Waals surface area contributed by atoms with Crippen LogP contribution in [-0.4, -0.2) is 23.9 Å². The van der Waals surface area contributed by atoms with Crippen LogP contribution in [0.2, 0.25) is 0 Å². The van der Waals surface area contributed by atoms with E-state index in [1.165, 1.54) is 12.5 Å². The summed E-state index contributed by atoms with van der Waals surface area (Å²) >= 11 is 0. The van der Waals surface area contributed by atoms with Crippen molar-refractivity contribution in [3.63, 3.8) is 0 Å². The number of hydrogen-bond donors (Lipinski definition) is 2. The molecule has 0 aromatic heterocycles. The van der Waals surface area contributed by atoms with Gasteiger partial charge >= 0.3 is 5.97 Å². The highest BCUT2D eigenvalue weighted by molar-refractivity contribution is 5.88. The molecule has 1 aliphatic carbocycles. The number of fused-ring (bicyclic) bond motifs is 1. The van der Waals surface area contributed by atoms with Gasteiger partial charge in [0.05, 0.1) is 12.5 Å². The molecule has 0 saturated heterocycles. The maximum Gasteiger partial charge on any atom is 0.311 e. The van der Waals surface area contributed by atoms with E-state index >= 15 is 0 Å². The first-order chi connectivity index (χ1) is 13.9. The molecule has 6 heteroatoms. The van der Waals surface area contributed by atoms with Crippen molar-refractivity contribution in [2.75, 3.05) is 5.32 Å². The van der Waals surface area contributed by atoms with E-state index in [0.717, 1.165) is 30.4 Å². The highest BCUT2D eigenvalue weighted by atomic mass is 16.5. The Morgan fingerprint density at radius 1 is 1.10 bits per heavy atom. The van der Waals surface area contributed by atoms with E-state index < -0.39 is 12.1 Å². The van der Waals surface area contributed by atoms with Gasteiger partial charge in [0.25, 0.3) is 5.91 Å². The van der Waals surface area contributed by atoms with Gasteiger partial charge in [-0.15, -0.1) is 0 Å². The Bertz CT molecular complexity index is 892. The molecule has 0 radical (unpaired) electrons. The van der Waals surface area contributed by atoms with Gasteiger partial charge in [-0.05, 0) is 55.0 Å². The normalized spacial score (nSPS) is 16.3. The molecule has 0 unspecified atom stereocenters. The van der Waals surface area contributed by atoms with Crippen LogP contribution in [0.15, 0.2) is 48.5 Å². The third kappa shape index (κ3) is 5.67. The third-order valence-corrected chi connectivity index (χ3v) is 4.99. The molecule has 2 aromatic carbocycles. The maximum atomic E-state index is 12.5. The summed E-state index contributed by atoms with van der Waals surface area (Å²) in [5.41, 5.74) is 3.81. The molecule has 2 atom stereocenters. The Balaban J connectivity index is 1.52. The van der Waals surface area contributed by atoms with Crippen molar-refractivity contribution < 1.29 is 19.1 Å². The van der Waals surface area contributed by atoms with Crippen LogP contribution in [0.4, 0.5) is 5.69 Å². The predicted octanol–water partition coefficient (Wildman–Crippen LogP) is 3.31. The highest BCUT2D eigenvalue weighted by Gasteiger charge is 2.25. The van der Waals surface area contributed by atoms with Gasteiger partial charge in [0, 0.05) is 12.6 Å². The number of aryl methyl sites for hydroxylation is 1. The second-order valence-corrected chi connectivity index (χ2v) is 7.34. The number of ether oxygens (including phenoxy) is 1. The molecule has 152 valence electrons. The topological polar surface area (TPSA) is 84.5 Å². The van der Waals surface area contributed by atoms with Crippen LogP contribution in [0.3, 0.4) is 0 Å². The average molecular weight is 394 g/mol. The average Bonchev–Trinajstić information content (AvgIpc) is 2.69. The van der Waals surface area contributed by atoms with Gasteiger partial charge in [-0.2, -0.15) is 0 Å². The molecule has 2 N–H and O–H groups in total. The van der Waals surface area contributed by atoms with Crippen LogP contribution in [-0.2, 0) is 32.0 Å². The van der Waals surface area contributed by atoms with Crippen LogP contribution in [0.25, 0.3) is 0 Å². The summed E-state index contributed by atoms with van der Waals surface area (Å²) in [6, 6.07) is 15.0. The van der Waals surface area contributed by atoms with Gasteiger partial charge in [-0.1, -0.05) is 36.4 Å². The first kappa shape index (κ1) is 20.6. The van der Waals surface area contributed by atoms with Crippen LogP contribution >= 0.6 is 0 Å². The molecule has 1 aliphatic rings. The molecule has 2 aromatic rings. The number of anilines is 1. The SMILES string of the molecule is CC(=O)Nc1ccc(CC(=O)O[C@H](C)C(=O)N[C@@H]2CCCc3ccccc32)cc1. The van der Waals surface area contributed by atoms with E-state index in [0.29, 0.717) is 5.69 Å². The summed E-state index contributed by atoms with van der Waals surface area (Å²) < 4.78 is 5.32. The van der Waals surface area contributed by atoms with Crippen LogP contribution in [0.5, 0.6) is 0 Å². The Kier molecular flexibility index (Phi) is 6.65. The van der Waals surface area contributed by atoms with Crippen molar-refractivity contribution >= 4 is 23.5 Å². The van der Waals surface area contributed by atoms with Crippen molar-refractivity contribution in [1.82, 2.24) is 5.32 Å². The van der Waals surface area contributed by atoms with Gasteiger partial charge in [0.15, 0.2) is 6.10 Å².